The first-order valence-electron chi connectivity index (χ1n) is 19.4. The quantitative estimate of drug-likeness (QED) is 0.112. The molecule has 4 rings (SSSR count). The Balaban J connectivity index is 1.84. The van der Waals surface area contributed by atoms with E-state index in [1.807, 2.05) is 50.2 Å². The van der Waals surface area contributed by atoms with Gasteiger partial charge in [-0.25, -0.2) is 4.79 Å². The highest BCUT2D eigenvalue weighted by atomic mass is 16.5. The van der Waals surface area contributed by atoms with Crippen LogP contribution in [-0.2, 0) is 28.0 Å². The lowest BCUT2D eigenvalue weighted by Crippen LogP contribution is -2.50. The SMILES string of the molecule is CO[B]N1CCN([B]OC)CCN2CCN([B]OC)CCN([B]OC)CCN(CC1)CCN([B]OC)CCN(CCCOc1ccc(C(=O)OC)cc1)CC2. The summed E-state index contributed by atoms with van der Waals surface area (Å²) in [6.07, 6.45) is 0.859. The zero-order valence-corrected chi connectivity index (χ0v) is 34.4. The van der Waals surface area contributed by atoms with E-state index >= 15 is 0 Å². The van der Waals surface area contributed by atoms with Crippen LogP contribution in [0.3, 0.4) is 0 Å². The minimum Gasteiger partial charge on any atom is -0.494 e. The fourth-order valence-corrected chi connectivity index (χ4v) is 6.54. The van der Waals surface area contributed by atoms with Gasteiger partial charge in [0.05, 0.1) is 19.3 Å². The van der Waals surface area contributed by atoms with E-state index in [1.165, 1.54) is 7.11 Å². The second-order valence-electron chi connectivity index (χ2n) is 13.6. The van der Waals surface area contributed by atoms with Crippen LogP contribution in [0.1, 0.15) is 16.8 Å². The van der Waals surface area contributed by atoms with Gasteiger partial charge in [-0.3, -0.25) is 9.80 Å². The Bertz CT molecular complexity index is 1100. The smallest absolute Gasteiger partial charge is 0.398 e. The van der Waals surface area contributed by atoms with Crippen LogP contribution in [0.4, 0.5) is 0 Å². The number of carbonyl (C=O) groups is 1. The fraction of sp³-hybridized carbons (Fsp3) is 0.794. The first-order valence-corrected chi connectivity index (χ1v) is 19.4. The van der Waals surface area contributed by atoms with Gasteiger partial charge in [0.1, 0.15) is 5.75 Å². The van der Waals surface area contributed by atoms with Crippen LogP contribution in [0, 0.1) is 0 Å². The summed E-state index contributed by atoms with van der Waals surface area (Å²) >= 11 is 0. The molecule has 21 heteroatoms. The molecule has 3 aliphatic rings. The summed E-state index contributed by atoms with van der Waals surface area (Å²) in [5.74, 6) is 0.377. The lowest BCUT2D eigenvalue weighted by molar-refractivity contribution is 0.0600. The normalized spacial score (nSPS) is 22.4. The molecule has 5 radical (unpaired) electrons. The van der Waals surface area contributed by atoms with E-state index in [-0.39, 0.29) is 5.97 Å². The van der Waals surface area contributed by atoms with Crippen molar-refractivity contribution in [1.29, 1.82) is 0 Å². The minimum absolute atomic E-state index is 0.357. The molecule has 3 saturated heterocycles. The van der Waals surface area contributed by atoms with Gasteiger partial charge in [0.2, 0.25) is 0 Å². The van der Waals surface area contributed by atoms with E-state index in [1.54, 1.807) is 47.7 Å². The van der Waals surface area contributed by atoms with Gasteiger partial charge in [0.25, 0.3) is 0 Å². The van der Waals surface area contributed by atoms with Crippen LogP contribution in [0.15, 0.2) is 24.3 Å². The van der Waals surface area contributed by atoms with Gasteiger partial charge in [0, 0.05) is 160 Å². The van der Waals surface area contributed by atoms with E-state index in [9.17, 15) is 4.79 Å². The minimum atomic E-state index is -0.357. The van der Waals surface area contributed by atoms with Crippen LogP contribution in [0.2, 0.25) is 0 Å². The Hall–Kier alpha value is -1.71. The number of ether oxygens (including phenoxy) is 2. The molecule has 0 saturated carbocycles. The number of nitrogens with zero attached hydrogens (tertiary/aromatic N) is 8. The largest absolute Gasteiger partial charge is 0.494 e. The fourth-order valence-electron chi connectivity index (χ4n) is 6.54. The van der Waals surface area contributed by atoms with E-state index in [0.29, 0.717) is 12.2 Å². The predicted octanol–water partition coefficient (Wildman–Crippen LogP) is -1.41. The molecule has 1 aromatic rings. The molecule has 16 nitrogen and oxygen atoms in total. The Labute approximate surface area is 335 Å². The van der Waals surface area contributed by atoms with E-state index < -0.39 is 0 Å². The molecule has 3 fully saturated rings. The van der Waals surface area contributed by atoms with Gasteiger partial charge < -0.3 is 61.7 Å². The van der Waals surface area contributed by atoms with Crippen molar-refractivity contribution in [2.75, 3.05) is 174 Å². The third-order valence-electron chi connectivity index (χ3n) is 9.74. The summed E-state index contributed by atoms with van der Waals surface area (Å²) in [4.78, 5) is 30.7. The van der Waals surface area contributed by atoms with E-state index in [4.69, 9.17) is 32.7 Å². The number of methoxy groups -OCH3 is 1. The summed E-state index contributed by atoms with van der Waals surface area (Å²) in [5.41, 5.74) is 0.505. The topological polar surface area (TPSA) is 108 Å². The maximum Gasteiger partial charge on any atom is 0.398 e. The van der Waals surface area contributed by atoms with Gasteiger partial charge in [0.15, 0.2) is 0 Å². The maximum atomic E-state index is 11.8. The molecule has 3 aliphatic heterocycles. The van der Waals surface area contributed by atoms with Gasteiger partial charge in [-0.1, -0.05) is 0 Å². The Morgan fingerprint density at radius 2 is 0.818 bits per heavy atom. The lowest BCUT2D eigenvalue weighted by Gasteiger charge is -2.35. The molecule has 1 aromatic carbocycles. The molecule has 0 aromatic heterocycles. The second-order valence-corrected chi connectivity index (χ2v) is 13.6. The summed E-state index contributed by atoms with van der Waals surface area (Å²) < 4.78 is 38.6. The first kappa shape index (κ1) is 47.7. The highest BCUT2D eigenvalue weighted by Gasteiger charge is 2.21. The van der Waals surface area contributed by atoms with Crippen molar-refractivity contribution in [3.63, 3.8) is 0 Å². The summed E-state index contributed by atoms with van der Waals surface area (Å²) in [6.45, 7) is 16.6. The summed E-state index contributed by atoms with van der Waals surface area (Å²) in [7, 11) is 19.2. The molecule has 0 amide bonds. The molecule has 0 atom stereocenters. The van der Waals surface area contributed by atoms with Gasteiger partial charge >= 0.3 is 44.1 Å². The molecule has 0 N–H and O–H groups in total. The molecule has 0 spiro atoms. The number of hydrogen-bond acceptors (Lipinski definition) is 16. The van der Waals surface area contributed by atoms with Gasteiger partial charge in [-0.05, 0) is 30.7 Å². The first-order chi connectivity index (χ1) is 26.9. The number of fused-ring (bicyclic) bond motifs is 21. The Kier molecular flexibility index (Phi) is 25.6. The maximum absolute atomic E-state index is 11.8. The molecule has 3 heterocycles. The number of rotatable bonds is 16. The highest BCUT2D eigenvalue weighted by Crippen LogP contribution is 2.13. The molecular formula is C34H64B5N8O8. The van der Waals surface area contributed by atoms with Crippen molar-refractivity contribution in [1.82, 2.24) is 38.8 Å². The third-order valence-corrected chi connectivity index (χ3v) is 9.74. The summed E-state index contributed by atoms with van der Waals surface area (Å²) in [6, 6.07) is 7.09. The van der Waals surface area contributed by atoms with Crippen molar-refractivity contribution in [2.45, 2.75) is 6.42 Å². The number of benzene rings is 1. The lowest BCUT2D eigenvalue weighted by atomic mass is 10.1. The zero-order valence-electron chi connectivity index (χ0n) is 34.4. The standard InChI is InChI=1S/C34H64B5N8O8/c1-49-34(48)32-8-10-33(11-9-32)55-31-7-12-40-13-14-41-16-23-44(36-51-3)27-29-46(38-53-5)25-19-42(18-22-43(21-15-40)35-50-2)20-26-47(39-54-6)30-28-45(24-17-41)37-52-4/h8-11H,7,12-31H2,1-6H3. The molecule has 2 bridgehead atoms. The van der Waals surface area contributed by atoms with E-state index in [0.717, 1.165) is 137 Å². The van der Waals surface area contributed by atoms with Crippen molar-refractivity contribution in [3.8, 4) is 5.75 Å². The average Bonchev–Trinajstić information content (AvgIpc) is 3.19. The van der Waals surface area contributed by atoms with Crippen LogP contribution in [0.5, 0.6) is 5.75 Å². The molecular weight excluding hydrogens is 702 g/mol. The zero-order chi connectivity index (χ0) is 39.5. The van der Waals surface area contributed by atoms with Crippen LogP contribution >= 0.6 is 0 Å². The van der Waals surface area contributed by atoms with Crippen LogP contribution in [-0.4, -0.2) is 256 Å². The number of carbonyl (C=O) groups excluding carboxylic acids is 1. The van der Waals surface area contributed by atoms with Crippen LogP contribution < -0.4 is 4.74 Å². The molecule has 55 heavy (non-hydrogen) atoms. The van der Waals surface area contributed by atoms with Crippen molar-refractivity contribution < 1.29 is 37.5 Å². The average molecular weight is 767 g/mol. The predicted molar refractivity (Wildman–Crippen MR) is 219 cm³/mol. The van der Waals surface area contributed by atoms with Crippen molar-refractivity contribution in [2.24, 2.45) is 0 Å². The molecule has 303 valence electrons. The Morgan fingerprint density at radius 3 is 1.18 bits per heavy atom. The van der Waals surface area contributed by atoms with Gasteiger partial charge in [-0.15, -0.1) is 0 Å². The highest BCUT2D eigenvalue weighted by molar-refractivity contribution is 6.24. The monoisotopic (exact) mass is 768 g/mol. The third kappa shape index (κ3) is 20.0. The number of hydrogen-bond donors (Lipinski definition) is 0. The van der Waals surface area contributed by atoms with Crippen molar-refractivity contribution >= 4 is 44.1 Å². The van der Waals surface area contributed by atoms with Gasteiger partial charge in [-0.2, -0.15) is 0 Å². The number of esters is 1. The van der Waals surface area contributed by atoms with E-state index in [2.05, 4.69) is 38.8 Å². The van der Waals surface area contributed by atoms with Crippen molar-refractivity contribution in [3.05, 3.63) is 29.8 Å². The second kappa shape index (κ2) is 29.5. The molecule has 0 aliphatic carbocycles. The summed E-state index contributed by atoms with van der Waals surface area (Å²) in [5, 5.41) is 0. The Morgan fingerprint density at radius 1 is 0.491 bits per heavy atom. The molecule has 0 unspecified atom stereocenters. The van der Waals surface area contributed by atoms with Crippen LogP contribution in [0.25, 0.3) is 0 Å².